The molecule has 0 heterocycles. The van der Waals surface area contributed by atoms with Gasteiger partial charge < -0.3 is 4.74 Å². The molecule has 0 spiro atoms. The third-order valence-corrected chi connectivity index (χ3v) is 1.87. The molecule has 0 aromatic heterocycles. The highest BCUT2D eigenvalue weighted by molar-refractivity contribution is 6.04. The summed E-state index contributed by atoms with van der Waals surface area (Å²) in [6.07, 6.45) is 1.24. The molecule has 3 heteroatoms. The zero-order valence-electron chi connectivity index (χ0n) is 8.53. The third kappa shape index (κ3) is 2.77. The predicted molar refractivity (Wildman–Crippen MR) is 56.9 cm³/mol. The van der Waals surface area contributed by atoms with Crippen molar-refractivity contribution in [1.82, 2.24) is 0 Å². The van der Waals surface area contributed by atoms with Crippen molar-refractivity contribution in [2.45, 2.75) is 6.92 Å². The van der Waals surface area contributed by atoms with Gasteiger partial charge in [-0.2, -0.15) is 0 Å². The molecule has 0 bridgehead atoms. The van der Waals surface area contributed by atoms with Gasteiger partial charge in [0.1, 0.15) is 0 Å². The van der Waals surface area contributed by atoms with E-state index in [1.165, 1.54) is 6.08 Å². The normalized spacial score (nSPS) is 9.40. The van der Waals surface area contributed by atoms with Gasteiger partial charge in [0.15, 0.2) is 5.78 Å². The van der Waals surface area contributed by atoms with Crippen molar-refractivity contribution in [3.63, 3.8) is 0 Å². The summed E-state index contributed by atoms with van der Waals surface area (Å²) in [7, 11) is 0. The van der Waals surface area contributed by atoms with E-state index in [9.17, 15) is 9.59 Å². The lowest BCUT2D eigenvalue weighted by Crippen LogP contribution is -2.05. The van der Waals surface area contributed by atoms with Crippen LogP contribution in [0, 0.1) is 0 Å². The number of ketones is 1. The summed E-state index contributed by atoms with van der Waals surface area (Å²) in [5.41, 5.74) is 0.954. The molecule has 15 heavy (non-hydrogen) atoms. The number of hydrogen-bond donors (Lipinski definition) is 0. The van der Waals surface area contributed by atoms with Crippen molar-refractivity contribution in [1.29, 1.82) is 0 Å². The molecule has 1 aromatic rings. The fourth-order valence-corrected chi connectivity index (χ4v) is 1.10. The van der Waals surface area contributed by atoms with Gasteiger partial charge in [-0.05, 0) is 25.1 Å². The molecule has 0 fully saturated rings. The van der Waals surface area contributed by atoms with Crippen molar-refractivity contribution in [2.24, 2.45) is 0 Å². The highest BCUT2D eigenvalue weighted by Gasteiger charge is 2.07. The van der Waals surface area contributed by atoms with E-state index < -0.39 is 0 Å². The summed E-state index contributed by atoms with van der Waals surface area (Å²) < 4.78 is 4.81. The van der Waals surface area contributed by atoms with Crippen LogP contribution in [0.1, 0.15) is 27.6 Å². The second-order valence-electron chi connectivity index (χ2n) is 2.87. The first-order valence-electron chi connectivity index (χ1n) is 4.63. The minimum absolute atomic E-state index is 0.162. The Balaban J connectivity index is 2.85. The maximum atomic E-state index is 11.3. The Hall–Kier alpha value is -1.90. The minimum atomic E-state index is -0.380. The molecule has 1 aromatic carbocycles. The van der Waals surface area contributed by atoms with Crippen LogP contribution < -0.4 is 0 Å². The fourth-order valence-electron chi connectivity index (χ4n) is 1.10. The first-order valence-corrected chi connectivity index (χ1v) is 4.63. The Morgan fingerprint density at radius 1 is 1.27 bits per heavy atom. The Kier molecular flexibility index (Phi) is 3.80. The van der Waals surface area contributed by atoms with E-state index in [1.807, 2.05) is 0 Å². The van der Waals surface area contributed by atoms with Gasteiger partial charge in [0.25, 0.3) is 0 Å². The summed E-state index contributed by atoms with van der Waals surface area (Å²) in [6.45, 7) is 5.47. The molecule has 0 radical (unpaired) electrons. The molecule has 0 aliphatic rings. The van der Waals surface area contributed by atoms with Crippen molar-refractivity contribution < 1.29 is 14.3 Å². The number of esters is 1. The molecule has 0 saturated heterocycles. The van der Waals surface area contributed by atoms with Crippen LogP contribution >= 0.6 is 0 Å². The SMILES string of the molecule is C=CC(=O)c1ccc(C(=O)OCC)cc1. The average Bonchev–Trinajstić information content (AvgIpc) is 2.28. The lowest BCUT2D eigenvalue weighted by atomic mass is 10.1. The molecule has 0 saturated carbocycles. The molecular weight excluding hydrogens is 192 g/mol. The minimum Gasteiger partial charge on any atom is -0.462 e. The smallest absolute Gasteiger partial charge is 0.338 e. The second-order valence-corrected chi connectivity index (χ2v) is 2.87. The van der Waals surface area contributed by atoms with Crippen LogP contribution in [0.5, 0.6) is 0 Å². The van der Waals surface area contributed by atoms with E-state index in [-0.39, 0.29) is 11.8 Å². The van der Waals surface area contributed by atoms with Crippen molar-refractivity contribution in [2.75, 3.05) is 6.61 Å². The quantitative estimate of drug-likeness (QED) is 0.429. The first-order chi connectivity index (χ1) is 7.19. The number of hydrogen-bond acceptors (Lipinski definition) is 3. The van der Waals surface area contributed by atoms with Crippen LogP contribution in [0.2, 0.25) is 0 Å². The molecule has 0 aliphatic carbocycles. The van der Waals surface area contributed by atoms with Crippen molar-refractivity contribution in [3.05, 3.63) is 48.0 Å². The Morgan fingerprint density at radius 2 is 1.80 bits per heavy atom. The van der Waals surface area contributed by atoms with E-state index in [2.05, 4.69) is 6.58 Å². The Morgan fingerprint density at radius 3 is 2.27 bits per heavy atom. The summed E-state index contributed by atoms with van der Waals surface area (Å²) in [5, 5.41) is 0. The van der Waals surface area contributed by atoms with Gasteiger partial charge in [-0.15, -0.1) is 0 Å². The Bertz CT molecular complexity index is 376. The lowest BCUT2D eigenvalue weighted by Gasteiger charge is -2.01. The monoisotopic (exact) mass is 204 g/mol. The number of carbonyl (C=O) groups excluding carboxylic acids is 2. The van der Waals surface area contributed by atoms with E-state index in [0.29, 0.717) is 17.7 Å². The molecule has 0 amide bonds. The fraction of sp³-hybridized carbons (Fsp3) is 0.167. The summed E-state index contributed by atoms with van der Waals surface area (Å²) in [5.74, 6) is -0.541. The highest BCUT2D eigenvalue weighted by atomic mass is 16.5. The molecule has 0 atom stereocenters. The van der Waals surface area contributed by atoms with E-state index in [0.717, 1.165) is 0 Å². The van der Waals surface area contributed by atoms with Gasteiger partial charge in [0, 0.05) is 5.56 Å². The first kappa shape index (κ1) is 11.2. The number of carbonyl (C=O) groups is 2. The number of rotatable bonds is 4. The Labute approximate surface area is 88.4 Å². The van der Waals surface area contributed by atoms with Gasteiger partial charge in [-0.1, -0.05) is 18.7 Å². The van der Waals surface area contributed by atoms with Gasteiger partial charge >= 0.3 is 5.97 Å². The number of allylic oxidation sites excluding steroid dienone is 1. The van der Waals surface area contributed by atoms with Crippen LogP contribution in [0.15, 0.2) is 36.9 Å². The molecule has 0 N–H and O–H groups in total. The van der Waals surface area contributed by atoms with Crippen LogP contribution in [-0.4, -0.2) is 18.4 Å². The largest absolute Gasteiger partial charge is 0.462 e. The van der Waals surface area contributed by atoms with Crippen LogP contribution in [0.4, 0.5) is 0 Å². The molecule has 78 valence electrons. The lowest BCUT2D eigenvalue weighted by molar-refractivity contribution is 0.0526. The predicted octanol–water partition coefficient (Wildman–Crippen LogP) is 2.23. The van der Waals surface area contributed by atoms with Crippen molar-refractivity contribution >= 4 is 11.8 Å². The van der Waals surface area contributed by atoms with Crippen LogP contribution in [0.25, 0.3) is 0 Å². The number of ether oxygens (including phenoxy) is 1. The maximum Gasteiger partial charge on any atom is 0.338 e. The molecule has 1 rings (SSSR count). The number of benzene rings is 1. The summed E-state index contributed by atoms with van der Waals surface area (Å²) >= 11 is 0. The van der Waals surface area contributed by atoms with Gasteiger partial charge in [-0.25, -0.2) is 4.79 Å². The molecule has 0 unspecified atom stereocenters. The molecular formula is C12H12O3. The van der Waals surface area contributed by atoms with E-state index in [4.69, 9.17) is 4.74 Å². The zero-order chi connectivity index (χ0) is 11.3. The standard InChI is InChI=1S/C12H12O3/c1-3-11(13)9-5-7-10(8-6-9)12(14)15-4-2/h3,5-8H,1,4H2,2H3. The summed E-state index contributed by atoms with van der Waals surface area (Å²) in [4.78, 5) is 22.5. The second kappa shape index (κ2) is 5.10. The van der Waals surface area contributed by atoms with Crippen LogP contribution in [0.3, 0.4) is 0 Å². The zero-order valence-corrected chi connectivity index (χ0v) is 8.53. The molecule has 0 aliphatic heterocycles. The van der Waals surface area contributed by atoms with E-state index in [1.54, 1.807) is 31.2 Å². The maximum absolute atomic E-state index is 11.3. The third-order valence-electron chi connectivity index (χ3n) is 1.87. The average molecular weight is 204 g/mol. The highest BCUT2D eigenvalue weighted by Crippen LogP contribution is 2.07. The van der Waals surface area contributed by atoms with Gasteiger partial charge in [0.05, 0.1) is 12.2 Å². The van der Waals surface area contributed by atoms with Gasteiger partial charge in [-0.3, -0.25) is 4.79 Å². The topological polar surface area (TPSA) is 43.4 Å². The molecule has 3 nitrogen and oxygen atoms in total. The van der Waals surface area contributed by atoms with Crippen molar-refractivity contribution in [3.8, 4) is 0 Å². The summed E-state index contributed by atoms with van der Waals surface area (Å²) in [6, 6.07) is 6.29. The van der Waals surface area contributed by atoms with Crippen LogP contribution in [-0.2, 0) is 4.74 Å². The van der Waals surface area contributed by atoms with Gasteiger partial charge in [0.2, 0.25) is 0 Å². The van der Waals surface area contributed by atoms with E-state index >= 15 is 0 Å².